The molecule has 0 aliphatic heterocycles. The van der Waals surface area contributed by atoms with Crippen molar-refractivity contribution in [3.05, 3.63) is 46.4 Å². The second-order valence-corrected chi connectivity index (χ2v) is 5.79. The summed E-state index contributed by atoms with van der Waals surface area (Å²) >= 11 is 0. The van der Waals surface area contributed by atoms with Gasteiger partial charge in [0.2, 0.25) is 5.91 Å². The number of halogens is 3. The number of carbonyl (C=O) groups is 1. The molecule has 0 aliphatic rings. The van der Waals surface area contributed by atoms with Crippen LogP contribution in [0.5, 0.6) is 0 Å². The van der Waals surface area contributed by atoms with Gasteiger partial charge in [0.1, 0.15) is 12.2 Å². The van der Waals surface area contributed by atoms with Crippen molar-refractivity contribution < 1.29 is 18.0 Å². The highest BCUT2D eigenvalue weighted by atomic mass is 19.4. The van der Waals surface area contributed by atoms with Crippen molar-refractivity contribution in [2.45, 2.75) is 33.1 Å². The molecule has 2 rings (SSSR count). The highest BCUT2D eigenvalue weighted by Gasteiger charge is 2.35. The number of nitrogens with one attached hydrogen (secondary N) is 1. The zero-order valence-electron chi connectivity index (χ0n) is 13.7. The number of hydrogen-bond acceptors (Lipinski definition) is 4. The minimum atomic E-state index is -4.48. The molecule has 0 aliphatic carbocycles. The van der Waals surface area contributed by atoms with E-state index in [1.807, 2.05) is 0 Å². The first-order valence-electron chi connectivity index (χ1n) is 7.56. The Bertz CT molecular complexity index is 797. The fourth-order valence-corrected chi connectivity index (χ4v) is 2.28. The lowest BCUT2D eigenvalue weighted by Crippen LogP contribution is -2.36. The van der Waals surface area contributed by atoms with Crippen molar-refractivity contribution >= 4 is 5.91 Å². The van der Waals surface area contributed by atoms with Gasteiger partial charge in [-0.15, -0.1) is 0 Å². The summed E-state index contributed by atoms with van der Waals surface area (Å²) < 4.78 is 40.9. The Labute approximate surface area is 141 Å². The van der Waals surface area contributed by atoms with Crippen LogP contribution in [0, 0.1) is 12.8 Å². The van der Waals surface area contributed by atoms with Gasteiger partial charge in [0, 0.05) is 25.5 Å². The summed E-state index contributed by atoms with van der Waals surface area (Å²) in [5, 5.41) is 6.45. The van der Waals surface area contributed by atoms with Crippen LogP contribution in [-0.4, -0.2) is 31.8 Å². The largest absolute Gasteiger partial charge is 0.433 e. The molecular formula is C15H18F3N5O2. The number of carbonyl (C=O) groups excluding carboxylic acids is 1. The molecule has 1 atom stereocenters. The molecule has 0 bridgehead atoms. The summed E-state index contributed by atoms with van der Waals surface area (Å²) in [6, 6.07) is 2.51. The van der Waals surface area contributed by atoms with E-state index in [1.165, 1.54) is 25.4 Å². The summed E-state index contributed by atoms with van der Waals surface area (Å²) in [7, 11) is 0. The molecule has 0 unspecified atom stereocenters. The standard InChI is InChI=1S/C15H18F3N5O2/c1-10(8-23-12(15(16,17)18)6-11(2)21-23)7-20-13(24)9-22-5-3-4-19-14(22)25/h3-6,10H,7-9H2,1-2H3,(H,20,24)/t10-/m1/s1. The van der Waals surface area contributed by atoms with Gasteiger partial charge in [0.15, 0.2) is 0 Å². The van der Waals surface area contributed by atoms with Crippen LogP contribution in [0.2, 0.25) is 0 Å². The normalized spacial score (nSPS) is 12.8. The van der Waals surface area contributed by atoms with Gasteiger partial charge in [-0.2, -0.15) is 18.3 Å². The monoisotopic (exact) mass is 357 g/mol. The first-order valence-corrected chi connectivity index (χ1v) is 7.56. The van der Waals surface area contributed by atoms with E-state index in [0.717, 1.165) is 15.3 Å². The van der Waals surface area contributed by atoms with Gasteiger partial charge in [-0.25, -0.2) is 9.78 Å². The number of nitrogens with zero attached hydrogens (tertiary/aromatic N) is 4. The predicted octanol–water partition coefficient (Wildman–Crippen LogP) is 1.22. The lowest BCUT2D eigenvalue weighted by Gasteiger charge is -2.16. The maximum Gasteiger partial charge on any atom is 0.433 e. The molecule has 2 aromatic rings. The number of hydrogen-bond donors (Lipinski definition) is 1. The predicted molar refractivity (Wildman–Crippen MR) is 82.6 cm³/mol. The van der Waals surface area contributed by atoms with Gasteiger partial charge in [0.05, 0.1) is 5.69 Å². The molecule has 25 heavy (non-hydrogen) atoms. The van der Waals surface area contributed by atoms with Crippen LogP contribution in [0.15, 0.2) is 29.3 Å². The van der Waals surface area contributed by atoms with E-state index >= 15 is 0 Å². The van der Waals surface area contributed by atoms with E-state index in [0.29, 0.717) is 0 Å². The van der Waals surface area contributed by atoms with Crippen molar-refractivity contribution in [3.8, 4) is 0 Å². The van der Waals surface area contributed by atoms with Crippen molar-refractivity contribution in [3.63, 3.8) is 0 Å². The average Bonchev–Trinajstić information content (AvgIpc) is 2.88. The lowest BCUT2D eigenvalue weighted by atomic mass is 10.2. The third-order valence-corrected chi connectivity index (χ3v) is 3.42. The van der Waals surface area contributed by atoms with Crippen molar-refractivity contribution in [2.24, 2.45) is 5.92 Å². The number of alkyl halides is 3. The molecule has 1 N–H and O–H groups in total. The van der Waals surface area contributed by atoms with Gasteiger partial charge < -0.3 is 5.32 Å². The molecule has 0 saturated heterocycles. The molecule has 0 aromatic carbocycles. The molecule has 1 amide bonds. The van der Waals surface area contributed by atoms with Gasteiger partial charge in [-0.3, -0.25) is 14.0 Å². The molecule has 0 spiro atoms. The van der Waals surface area contributed by atoms with Crippen molar-refractivity contribution in [2.75, 3.05) is 6.54 Å². The first-order chi connectivity index (χ1) is 11.7. The maximum atomic E-state index is 12.9. The Balaban J connectivity index is 1.91. The Hall–Kier alpha value is -2.65. The van der Waals surface area contributed by atoms with Crippen molar-refractivity contribution in [1.82, 2.24) is 24.6 Å². The summed E-state index contributed by atoms with van der Waals surface area (Å²) in [5.74, 6) is -0.704. The minimum Gasteiger partial charge on any atom is -0.354 e. The second-order valence-electron chi connectivity index (χ2n) is 5.79. The molecule has 2 aromatic heterocycles. The van der Waals surface area contributed by atoms with Crippen molar-refractivity contribution in [1.29, 1.82) is 0 Å². The summed E-state index contributed by atoms with van der Waals surface area (Å²) in [6.45, 7) is 3.16. The van der Waals surface area contributed by atoms with Crippen LogP contribution >= 0.6 is 0 Å². The quantitative estimate of drug-likeness (QED) is 0.843. The van der Waals surface area contributed by atoms with Crippen LogP contribution in [0.3, 0.4) is 0 Å². The third-order valence-electron chi connectivity index (χ3n) is 3.42. The first kappa shape index (κ1) is 18.7. The zero-order valence-corrected chi connectivity index (χ0v) is 13.7. The smallest absolute Gasteiger partial charge is 0.354 e. The molecule has 0 radical (unpaired) electrons. The third kappa shape index (κ3) is 5.16. The van der Waals surface area contributed by atoms with Crippen LogP contribution in [0.1, 0.15) is 18.3 Å². The SMILES string of the molecule is Cc1cc(C(F)(F)F)n(C[C@H](C)CNC(=O)Cn2cccnc2=O)n1. The highest BCUT2D eigenvalue weighted by Crippen LogP contribution is 2.30. The van der Waals surface area contributed by atoms with Gasteiger partial charge in [-0.05, 0) is 25.0 Å². The van der Waals surface area contributed by atoms with Gasteiger partial charge in [0.25, 0.3) is 0 Å². The summed E-state index contributed by atoms with van der Waals surface area (Å²) in [5.41, 5.74) is -1.09. The Morgan fingerprint density at radius 1 is 1.40 bits per heavy atom. The number of amides is 1. The highest BCUT2D eigenvalue weighted by molar-refractivity contribution is 5.75. The van der Waals surface area contributed by atoms with Crippen LogP contribution < -0.4 is 11.0 Å². The molecule has 0 saturated carbocycles. The van der Waals surface area contributed by atoms with E-state index in [1.54, 1.807) is 6.92 Å². The fraction of sp³-hybridized carbons (Fsp3) is 0.467. The Morgan fingerprint density at radius 2 is 2.12 bits per heavy atom. The maximum absolute atomic E-state index is 12.9. The summed E-state index contributed by atoms with van der Waals surface area (Å²) in [6.07, 6.45) is -1.73. The lowest BCUT2D eigenvalue weighted by molar-refractivity contribution is -0.144. The number of aromatic nitrogens is 4. The second kappa shape index (κ2) is 7.49. The van der Waals surface area contributed by atoms with E-state index in [2.05, 4.69) is 15.4 Å². The molecule has 136 valence electrons. The number of rotatable bonds is 6. The van der Waals surface area contributed by atoms with Gasteiger partial charge >= 0.3 is 11.9 Å². The van der Waals surface area contributed by atoms with E-state index in [9.17, 15) is 22.8 Å². The topological polar surface area (TPSA) is 81.8 Å². The molecule has 10 heteroatoms. The fourth-order valence-electron chi connectivity index (χ4n) is 2.28. The Morgan fingerprint density at radius 3 is 2.76 bits per heavy atom. The molecule has 2 heterocycles. The molecule has 7 nitrogen and oxygen atoms in total. The zero-order chi connectivity index (χ0) is 18.6. The van der Waals surface area contributed by atoms with E-state index < -0.39 is 23.5 Å². The van der Waals surface area contributed by atoms with E-state index in [4.69, 9.17) is 0 Å². The van der Waals surface area contributed by atoms with Crippen LogP contribution in [0.25, 0.3) is 0 Å². The minimum absolute atomic E-state index is 0.00973. The molecular weight excluding hydrogens is 339 g/mol. The molecule has 0 fully saturated rings. The summed E-state index contributed by atoms with van der Waals surface area (Å²) in [4.78, 5) is 26.8. The van der Waals surface area contributed by atoms with Crippen LogP contribution in [-0.2, 0) is 24.1 Å². The van der Waals surface area contributed by atoms with Crippen LogP contribution in [0.4, 0.5) is 13.2 Å². The average molecular weight is 357 g/mol. The van der Waals surface area contributed by atoms with E-state index in [-0.39, 0.29) is 31.2 Å². The number of aryl methyl sites for hydroxylation is 1. The van der Waals surface area contributed by atoms with Gasteiger partial charge in [-0.1, -0.05) is 6.92 Å². The Kier molecular flexibility index (Phi) is 5.60.